The number of halogens is 4. The highest BCUT2D eigenvalue weighted by molar-refractivity contribution is 6.40. The lowest BCUT2D eigenvalue weighted by atomic mass is 10.3. The van der Waals surface area contributed by atoms with Crippen LogP contribution in [-0.2, 0) is 12.8 Å². The van der Waals surface area contributed by atoms with E-state index in [0.717, 1.165) is 23.1 Å². The molecular weight excluding hydrogens is 416 g/mol. The number of hydrogen-bond acceptors (Lipinski definition) is 2. The second kappa shape index (κ2) is 6.93. The van der Waals surface area contributed by atoms with E-state index in [0.29, 0.717) is 45.2 Å². The van der Waals surface area contributed by atoms with Gasteiger partial charge in [-0.2, -0.15) is 0 Å². The fourth-order valence-corrected chi connectivity index (χ4v) is 4.25. The Balaban J connectivity index is 2.09. The molecule has 0 N–H and O–H groups in total. The van der Waals surface area contributed by atoms with E-state index < -0.39 is 0 Å². The molecule has 0 atom stereocenters. The van der Waals surface area contributed by atoms with E-state index in [1.807, 2.05) is 28.4 Å². The summed E-state index contributed by atoms with van der Waals surface area (Å²) in [6.07, 6.45) is 1.35. The number of nitrogens with zero attached hydrogens (tertiary/aromatic N) is 3. The van der Waals surface area contributed by atoms with Gasteiger partial charge >= 0.3 is 5.82 Å². The van der Waals surface area contributed by atoms with Crippen LogP contribution < -0.4 is 9.42 Å². The predicted molar refractivity (Wildman–Crippen MR) is 104 cm³/mol. The lowest BCUT2D eigenvalue weighted by Crippen LogP contribution is -2.44. The molecule has 2 heterocycles. The van der Waals surface area contributed by atoms with Crippen LogP contribution in [0.4, 0.5) is 0 Å². The molecule has 8 heteroatoms. The van der Waals surface area contributed by atoms with Crippen molar-refractivity contribution in [1.29, 1.82) is 0 Å². The van der Waals surface area contributed by atoms with Gasteiger partial charge in [0.05, 0.1) is 29.5 Å². The first-order chi connectivity index (χ1) is 12.5. The van der Waals surface area contributed by atoms with Crippen molar-refractivity contribution in [3.8, 4) is 17.1 Å². The molecule has 0 saturated carbocycles. The van der Waals surface area contributed by atoms with Gasteiger partial charge in [0, 0.05) is 10.0 Å². The number of benzene rings is 2. The second-order valence-electron chi connectivity index (χ2n) is 5.85. The van der Waals surface area contributed by atoms with Crippen molar-refractivity contribution >= 4 is 46.4 Å². The molecule has 0 bridgehead atoms. The van der Waals surface area contributed by atoms with Crippen molar-refractivity contribution in [2.75, 3.05) is 6.61 Å². The van der Waals surface area contributed by atoms with Gasteiger partial charge in [0.2, 0.25) is 0 Å². The van der Waals surface area contributed by atoms with E-state index >= 15 is 0 Å². The molecule has 0 aliphatic carbocycles. The maximum atomic E-state index is 6.51. The Labute approximate surface area is 170 Å². The number of ether oxygens (including phenoxy) is 1. The molecule has 1 aliphatic heterocycles. The molecule has 0 spiro atoms. The van der Waals surface area contributed by atoms with Gasteiger partial charge in [-0.05, 0) is 35.3 Å². The van der Waals surface area contributed by atoms with Crippen molar-refractivity contribution in [3.05, 3.63) is 62.1 Å². The van der Waals surface area contributed by atoms with Crippen LogP contribution in [0.2, 0.25) is 20.1 Å². The minimum Gasteiger partial charge on any atom is -0.491 e. The average molecular weight is 430 g/mol. The Morgan fingerprint density at radius 3 is 2.50 bits per heavy atom. The van der Waals surface area contributed by atoms with Gasteiger partial charge in [0.25, 0.3) is 5.82 Å². The summed E-state index contributed by atoms with van der Waals surface area (Å²) in [6.45, 7) is 2.56. The summed E-state index contributed by atoms with van der Waals surface area (Å²) >= 11 is 25.4. The molecule has 3 aromatic rings. The lowest BCUT2D eigenvalue weighted by Gasteiger charge is -2.12. The van der Waals surface area contributed by atoms with Crippen LogP contribution in [0, 0.1) is 0 Å². The summed E-state index contributed by atoms with van der Waals surface area (Å²) in [4.78, 5) is 4.79. The highest BCUT2D eigenvalue weighted by atomic mass is 35.5. The summed E-state index contributed by atoms with van der Waals surface area (Å²) in [5, 5.41) is 1.97. The number of rotatable bonds is 2. The molecule has 4 rings (SSSR count). The van der Waals surface area contributed by atoms with Crippen molar-refractivity contribution in [1.82, 2.24) is 9.67 Å². The normalized spacial score (nSPS) is 13.0. The van der Waals surface area contributed by atoms with Crippen LogP contribution in [-0.4, -0.2) is 16.3 Å². The molecule has 1 aliphatic rings. The molecule has 0 fully saturated rings. The largest absolute Gasteiger partial charge is 0.491 e. The highest BCUT2D eigenvalue weighted by Gasteiger charge is 2.33. The maximum Gasteiger partial charge on any atom is 0.324 e. The van der Waals surface area contributed by atoms with E-state index in [9.17, 15) is 0 Å². The predicted octanol–water partition coefficient (Wildman–Crippen LogP) is 5.26. The fraction of sp³-hybridized carbons (Fsp3) is 0.222. The molecule has 26 heavy (non-hydrogen) atoms. The third-order valence-corrected chi connectivity index (χ3v) is 5.22. The zero-order valence-electron chi connectivity index (χ0n) is 13.8. The summed E-state index contributed by atoms with van der Waals surface area (Å²) in [6, 6.07) is 8.84. The SMILES string of the molecule is CCc1nc2n([n+]1-c1c(Cl)cc(Cl)cc1Cl)-c1cc(Cl)ccc1OCC2. The van der Waals surface area contributed by atoms with Gasteiger partial charge in [-0.3, -0.25) is 0 Å². The minimum absolute atomic E-state index is 0.443. The molecule has 1 aromatic heterocycles. The zero-order valence-corrected chi connectivity index (χ0v) is 16.8. The zero-order chi connectivity index (χ0) is 18.4. The third-order valence-electron chi connectivity index (χ3n) is 4.19. The topological polar surface area (TPSA) is 30.9 Å². The van der Waals surface area contributed by atoms with Crippen LogP contribution >= 0.6 is 46.4 Å². The molecule has 2 aromatic carbocycles. The summed E-state index contributed by atoms with van der Waals surface area (Å²) in [5.41, 5.74) is 1.42. The maximum absolute atomic E-state index is 6.51. The Bertz CT molecular complexity index is 993. The van der Waals surface area contributed by atoms with Crippen LogP contribution in [0.5, 0.6) is 5.75 Å². The average Bonchev–Trinajstić information content (AvgIpc) is 2.84. The number of aromatic nitrogens is 3. The first-order valence-electron chi connectivity index (χ1n) is 8.10. The number of aryl methyl sites for hydroxylation is 1. The van der Waals surface area contributed by atoms with Crippen molar-refractivity contribution in [2.45, 2.75) is 19.8 Å². The van der Waals surface area contributed by atoms with Crippen LogP contribution in [0.3, 0.4) is 0 Å². The van der Waals surface area contributed by atoms with Gasteiger partial charge in [0.1, 0.15) is 11.4 Å². The van der Waals surface area contributed by atoms with Crippen LogP contribution in [0.25, 0.3) is 11.4 Å². The van der Waals surface area contributed by atoms with Gasteiger partial charge in [-0.25, -0.2) is 0 Å². The van der Waals surface area contributed by atoms with Gasteiger partial charge in [-0.1, -0.05) is 53.3 Å². The monoisotopic (exact) mass is 428 g/mol. The summed E-state index contributed by atoms with van der Waals surface area (Å²) in [7, 11) is 0. The van der Waals surface area contributed by atoms with E-state index in [1.54, 1.807) is 18.2 Å². The van der Waals surface area contributed by atoms with Crippen LogP contribution in [0.15, 0.2) is 30.3 Å². The van der Waals surface area contributed by atoms with Gasteiger partial charge in [0.15, 0.2) is 5.69 Å². The second-order valence-corrected chi connectivity index (χ2v) is 7.54. The Kier molecular flexibility index (Phi) is 4.78. The first kappa shape index (κ1) is 17.9. The Hall–Kier alpha value is -1.46. The Morgan fingerprint density at radius 1 is 1.08 bits per heavy atom. The van der Waals surface area contributed by atoms with Crippen molar-refractivity contribution < 1.29 is 9.42 Å². The van der Waals surface area contributed by atoms with Crippen LogP contribution in [0.1, 0.15) is 18.6 Å². The highest BCUT2D eigenvalue weighted by Crippen LogP contribution is 2.33. The summed E-state index contributed by atoms with van der Waals surface area (Å²) < 4.78 is 9.75. The van der Waals surface area contributed by atoms with Gasteiger partial charge in [-0.15, -0.1) is 9.36 Å². The van der Waals surface area contributed by atoms with E-state index in [2.05, 4.69) is 0 Å². The number of hydrogen-bond donors (Lipinski definition) is 0. The van der Waals surface area contributed by atoms with E-state index in [-0.39, 0.29) is 0 Å². The fourth-order valence-electron chi connectivity index (χ4n) is 3.11. The first-order valence-corrected chi connectivity index (χ1v) is 9.61. The van der Waals surface area contributed by atoms with Crippen molar-refractivity contribution in [2.24, 2.45) is 0 Å². The quantitative estimate of drug-likeness (QED) is 0.520. The third kappa shape index (κ3) is 2.95. The van der Waals surface area contributed by atoms with Gasteiger partial charge < -0.3 is 4.74 Å². The molecule has 4 nitrogen and oxygen atoms in total. The molecule has 0 amide bonds. The number of fused-ring (bicyclic) bond motifs is 3. The van der Waals surface area contributed by atoms with E-state index in [4.69, 9.17) is 56.1 Å². The minimum atomic E-state index is 0.443. The Morgan fingerprint density at radius 2 is 1.81 bits per heavy atom. The molecule has 0 radical (unpaired) electrons. The standard InChI is InChI=1S/C18H14Cl4N3O/c1-2-16-23-17-5-6-26-15-4-3-10(19)9-14(15)24(17)25(16)18-12(21)7-11(20)8-13(18)22/h3-4,7-9H,2,5-6H2,1H3/q+1. The van der Waals surface area contributed by atoms with E-state index in [1.165, 1.54) is 0 Å². The molecule has 0 unspecified atom stereocenters. The molecule has 0 saturated heterocycles. The lowest BCUT2D eigenvalue weighted by molar-refractivity contribution is -0.683. The smallest absolute Gasteiger partial charge is 0.324 e. The molecule has 134 valence electrons. The molecular formula is C18H14Cl4N3O+. The summed E-state index contributed by atoms with van der Waals surface area (Å²) in [5.74, 6) is 2.41. The van der Waals surface area contributed by atoms with Crippen molar-refractivity contribution in [3.63, 3.8) is 0 Å².